The van der Waals surface area contributed by atoms with Crippen molar-refractivity contribution in [3.63, 3.8) is 0 Å². The molecule has 0 spiro atoms. The Kier molecular flexibility index (Phi) is 31.9. The number of hydrogen-bond acceptors (Lipinski definition) is 15. The number of halogens is 4. The van der Waals surface area contributed by atoms with Crippen LogP contribution < -0.4 is 10.1 Å². The molecule has 332 valence electrons. The first kappa shape index (κ1) is 52.4. The maximum atomic E-state index is 13.5. The fraction of sp³-hybridized carbons (Fsp3) is 0.676. The average molecular weight is 845 g/mol. The summed E-state index contributed by atoms with van der Waals surface area (Å²) in [5.41, 5.74) is 0. The number of rotatable bonds is 36. The van der Waals surface area contributed by atoms with Gasteiger partial charge in [0.15, 0.2) is 11.6 Å². The van der Waals surface area contributed by atoms with Gasteiger partial charge in [-0.25, -0.2) is 8.78 Å². The lowest BCUT2D eigenvalue weighted by Gasteiger charge is -2.13. The van der Waals surface area contributed by atoms with E-state index in [0.717, 1.165) is 17.1 Å². The Morgan fingerprint density at radius 2 is 0.828 bits per heavy atom. The van der Waals surface area contributed by atoms with E-state index in [-0.39, 0.29) is 52.2 Å². The molecule has 1 aliphatic heterocycles. The molecule has 1 aromatic rings. The van der Waals surface area contributed by atoms with Crippen molar-refractivity contribution in [1.29, 1.82) is 0 Å². The van der Waals surface area contributed by atoms with Crippen molar-refractivity contribution in [2.75, 3.05) is 145 Å². The quantitative estimate of drug-likeness (QED) is 0.0257. The van der Waals surface area contributed by atoms with Gasteiger partial charge < -0.3 is 57.4 Å². The summed E-state index contributed by atoms with van der Waals surface area (Å²) in [4.78, 5) is 47.1. The summed E-state index contributed by atoms with van der Waals surface area (Å²) in [5.74, 6) is -11.0. The largest absolute Gasteiger partial charge is 0.420 e. The fourth-order valence-electron chi connectivity index (χ4n) is 4.09. The fourth-order valence-corrected chi connectivity index (χ4v) is 4.09. The molecule has 0 fully saturated rings. The molecule has 0 aliphatic carbocycles. The highest BCUT2D eigenvalue weighted by atomic mass is 19.2. The highest BCUT2D eigenvalue weighted by Crippen LogP contribution is 2.26. The molecule has 1 aromatic carbocycles. The third-order valence-corrected chi connectivity index (χ3v) is 6.86. The van der Waals surface area contributed by atoms with Gasteiger partial charge in [-0.15, -0.1) is 0 Å². The highest BCUT2D eigenvalue weighted by Gasteiger charge is 2.25. The monoisotopic (exact) mass is 844 g/mol. The Bertz CT molecular complexity index is 1290. The summed E-state index contributed by atoms with van der Waals surface area (Å²) >= 11 is 0. The number of benzene rings is 1. The molecule has 3 amide bonds. The highest BCUT2D eigenvalue weighted by molar-refractivity contribution is 6.14. The third kappa shape index (κ3) is 25.7. The van der Waals surface area contributed by atoms with Crippen LogP contribution in [-0.2, 0) is 66.5 Å². The van der Waals surface area contributed by atoms with Gasteiger partial charge in [-0.3, -0.25) is 24.1 Å². The minimum absolute atomic E-state index is 0.0116. The average Bonchev–Trinajstić information content (AvgIpc) is 3.53. The van der Waals surface area contributed by atoms with Crippen LogP contribution in [0.1, 0.15) is 20.3 Å². The van der Waals surface area contributed by atoms with Gasteiger partial charge in [0.1, 0.15) is 6.54 Å². The molecule has 0 radical (unpaired) electrons. The van der Waals surface area contributed by atoms with E-state index in [4.69, 9.17) is 47.4 Å². The number of amides is 3. The minimum Gasteiger partial charge on any atom is -0.420 e. The molecule has 1 aliphatic rings. The standard InChI is InChI=1S/C35H50F4N2O15.C2H6/c36-27-25-28(37)34(39)35(33(27)38)56-32(45)3-5-46-7-9-48-11-13-50-15-17-52-19-21-54-23-24-55-22-20-53-18-16-51-14-12-49-10-8-47-6-4-40-29(42)26-41-30(43)1-2-31(41)44;1-2/h1-2,25H,3-24,26H2,(H,40,42);1-2H3. The Labute approximate surface area is 335 Å². The molecule has 21 heteroatoms. The van der Waals surface area contributed by atoms with Crippen LogP contribution in [0, 0.1) is 23.3 Å². The Hall–Kier alpha value is -3.64. The lowest BCUT2D eigenvalue weighted by atomic mass is 10.3. The van der Waals surface area contributed by atoms with Gasteiger partial charge in [0, 0.05) is 24.8 Å². The van der Waals surface area contributed by atoms with Gasteiger partial charge in [-0.1, -0.05) is 13.8 Å². The molecule has 0 unspecified atom stereocenters. The minimum atomic E-state index is -1.80. The maximum absolute atomic E-state index is 13.5. The van der Waals surface area contributed by atoms with Crippen LogP contribution in [-0.4, -0.2) is 174 Å². The number of nitrogens with zero attached hydrogens (tertiary/aromatic N) is 1. The normalized spacial score (nSPS) is 12.3. The van der Waals surface area contributed by atoms with Crippen molar-refractivity contribution < 1.29 is 88.8 Å². The second kappa shape index (κ2) is 35.3. The van der Waals surface area contributed by atoms with Gasteiger partial charge in [0.25, 0.3) is 11.8 Å². The summed E-state index contributed by atoms with van der Waals surface area (Å²) in [6.07, 6.45) is 1.84. The van der Waals surface area contributed by atoms with E-state index in [1.807, 2.05) is 13.8 Å². The number of carbonyl (C=O) groups excluding carboxylic acids is 4. The molecule has 1 N–H and O–H groups in total. The molecule has 58 heavy (non-hydrogen) atoms. The number of carbonyl (C=O) groups is 4. The summed E-state index contributed by atoms with van der Waals surface area (Å²) in [5, 5.41) is 2.57. The molecule has 17 nitrogen and oxygen atoms in total. The molecule has 0 aromatic heterocycles. The van der Waals surface area contributed by atoms with Crippen LogP contribution in [0.25, 0.3) is 0 Å². The first-order valence-corrected chi connectivity index (χ1v) is 18.8. The van der Waals surface area contributed by atoms with Crippen LogP contribution in [0.2, 0.25) is 0 Å². The Morgan fingerprint density at radius 3 is 1.17 bits per heavy atom. The van der Waals surface area contributed by atoms with Gasteiger partial charge >= 0.3 is 5.97 Å². The second-order valence-corrected chi connectivity index (χ2v) is 11.1. The maximum Gasteiger partial charge on any atom is 0.313 e. The Balaban J connectivity index is 0.00000827. The lowest BCUT2D eigenvalue weighted by Crippen LogP contribution is -2.41. The van der Waals surface area contributed by atoms with Gasteiger partial charge in [-0.2, -0.15) is 8.78 Å². The molecular weight excluding hydrogens is 788 g/mol. The predicted octanol–water partition coefficient (Wildman–Crippen LogP) is 1.77. The molecule has 1 heterocycles. The zero-order chi connectivity index (χ0) is 42.6. The van der Waals surface area contributed by atoms with Crippen LogP contribution in [0.3, 0.4) is 0 Å². The van der Waals surface area contributed by atoms with E-state index >= 15 is 0 Å². The lowest BCUT2D eigenvalue weighted by molar-refractivity contribution is -0.141. The molecule has 2 rings (SSSR count). The number of nitrogens with one attached hydrogen (secondary N) is 1. The predicted molar refractivity (Wildman–Crippen MR) is 195 cm³/mol. The second-order valence-electron chi connectivity index (χ2n) is 11.1. The molecule has 0 saturated carbocycles. The van der Waals surface area contributed by atoms with E-state index in [0.29, 0.717) is 99.1 Å². The van der Waals surface area contributed by atoms with Gasteiger partial charge in [0.2, 0.25) is 23.3 Å². The van der Waals surface area contributed by atoms with Crippen molar-refractivity contribution >= 4 is 23.7 Å². The van der Waals surface area contributed by atoms with E-state index in [1.54, 1.807) is 0 Å². The van der Waals surface area contributed by atoms with Crippen LogP contribution in [0.5, 0.6) is 5.75 Å². The van der Waals surface area contributed by atoms with E-state index in [9.17, 15) is 36.7 Å². The SMILES string of the molecule is CC.O=C(CN1C(=O)C=CC1=O)NCCOCCOCCOCCOCCOCCOCCOCCOCCOCCOCCC(=O)Oc1c(F)c(F)cc(F)c1F. The van der Waals surface area contributed by atoms with Crippen LogP contribution >= 0.6 is 0 Å². The summed E-state index contributed by atoms with van der Waals surface area (Å²) in [7, 11) is 0. The summed E-state index contributed by atoms with van der Waals surface area (Å²) < 4.78 is 111. The Morgan fingerprint density at radius 1 is 0.517 bits per heavy atom. The first-order chi connectivity index (χ1) is 28.2. The van der Waals surface area contributed by atoms with Crippen molar-refractivity contribution in [3.05, 3.63) is 41.5 Å². The van der Waals surface area contributed by atoms with Crippen molar-refractivity contribution in [2.24, 2.45) is 0 Å². The topological polar surface area (TPSA) is 185 Å². The number of ether oxygens (including phenoxy) is 11. The molecule has 0 atom stereocenters. The zero-order valence-electron chi connectivity index (χ0n) is 33.1. The van der Waals surface area contributed by atoms with Crippen LogP contribution in [0.15, 0.2) is 18.2 Å². The van der Waals surface area contributed by atoms with Crippen molar-refractivity contribution in [1.82, 2.24) is 10.2 Å². The molecule has 0 saturated heterocycles. The van der Waals surface area contributed by atoms with Crippen LogP contribution in [0.4, 0.5) is 17.6 Å². The van der Waals surface area contributed by atoms with Gasteiger partial charge in [0.05, 0.1) is 139 Å². The summed E-state index contributed by atoms with van der Waals surface area (Å²) in [6, 6.07) is 0.0116. The zero-order valence-corrected chi connectivity index (χ0v) is 33.1. The number of hydrogen-bond donors (Lipinski definition) is 1. The third-order valence-electron chi connectivity index (χ3n) is 6.86. The smallest absolute Gasteiger partial charge is 0.313 e. The number of esters is 1. The van der Waals surface area contributed by atoms with E-state index in [1.165, 1.54) is 0 Å². The summed E-state index contributed by atoms with van der Waals surface area (Å²) in [6.45, 7) is 10.5. The van der Waals surface area contributed by atoms with Crippen molar-refractivity contribution in [2.45, 2.75) is 20.3 Å². The number of imide groups is 1. The van der Waals surface area contributed by atoms with Crippen molar-refractivity contribution in [3.8, 4) is 5.75 Å². The molecule has 0 bridgehead atoms. The van der Waals surface area contributed by atoms with E-state index in [2.05, 4.69) is 10.1 Å². The van der Waals surface area contributed by atoms with E-state index < -0.39 is 59.1 Å². The molecular formula is C37H56F4N2O15. The van der Waals surface area contributed by atoms with Gasteiger partial charge in [-0.05, 0) is 0 Å². The first-order valence-electron chi connectivity index (χ1n) is 18.8.